The molecule has 0 saturated carbocycles. The van der Waals surface area contributed by atoms with Crippen molar-refractivity contribution >= 4 is 29.9 Å². The molecule has 0 heterocycles. The first-order valence-corrected chi connectivity index (χ1v) is 6.63. The molecule has 21 heavy (non-hydrogen) atoms. The maximum atomic E-state index is 13.5. The monoisotopic (exact) mass is 413 g/mol. The van der Waals surface area contributed by atoms with Gasteiger partial charge in [0.15, 0.2) is 17.6 Å². The molecule has 0 aromatic heterocycles. The highest BCUT2D eigenvalue weighted by Crippen LogP contribution is 2.11. The first-order chi connectivity index (χ1) is 9.69. The van der Waals surface area contributed by atoms with Gasteiger partial charge < -0.3 is 15.4 Å². The predicted octanol–water partition coefficient (Wildman–Crippen LogP) is 2.33. The highest BCUT2D eigenvalue weighted by molar-refractivity contribution is 14.0. The first kappa shape index (κ1) is 20.0. The van der Waals surface area contributed by atoms with Crippen LogP contribution >= 0.6 is 24.0 Å². The minimum Gasteiger partial charge on any atom is -0.383 e. The molecular weight excluding hydrogens is 391 g/mol. The maximum absolute atomic E-state index is 13.5. The second-order valence-electron chi connectivity index (χ2n) is 4.14. The third-order valence-electron chi connectivity index (χ3n) is 2.63. The Morgan fingerprint density at radius 3 is 2.71 bits per heavy atom. The second-order valence-corrected chi connectivity index (χ2v) is 4.14. The number of rotatable bonds is 7. The smallest absolute Gasteiger partial charge is 0.191 e. The molecule has 1 aromatic carbocycles. The van der Waals surface area contributed by atoms with Gasteiger partial charge in [-0.2, -0.15) is 0 Å². The molecule has 0 unspecified atom stereocenters. The molecule has 120 valence electrons. The minimum absolute atomic E-state index is 0. The normalized spacial score (nSPS) is 11.0. The zero-order chi connectivity index (χ0) is 14.8. The minimum atomic E-state index is -0.817. The van der Waals surface area contributed by atoms with E-state index < -0.39 is 11.6 Å². The quantitative estimate of drug-likeness (QED) is 0.312. The van der Waals surface area contributed by atoms with E-state index in [1.807, 2.05) is 6.92 Å². The van der Waals surface area contributed by atoms with Crippen LogP contribution in [0, 0.1) is 11.6 Å². The summed E-state index contributed by atoms with van der Waals surface area (Å²) in [5.74, 6) is -0.958. The lowest BCUT2D eigenvalue weighted by Gasteiger charge is -2.11. The van der Waals surface area contributed by atoms with Crippen LogP contribution in [0.1, 0.15) is 12.5 Å². The fourth-order valence-corrected chi connectivity index (χ4v) is 1.65. The molecule has 1 rings (SSSR count). The van der Waals surface area contributed by atoms with Gasteiger partial charge in [-0.15, -0.1) is 24.0 Å². The summed E-state index contributed by atoms with van der Waals surface area (Å²) in [6.07, 6.45) is 0.387. The standard InChI is InChI=1S/C14H21F2N3O.HI/c1-3-17-14(19-9-10-20-2)18-8-7-11-5-4-6-12(15)13(11)16;/h4-6H,3,7-10H2,1-2H3,(H2,17,18,19);1H. The van der Waals surface area contributed by atoms with Crippen LogP contribution in [0.25, 0.3) is 0 Å². The van der Waals surface area contributed by atoms with Gasteiger partial charge in [0.2, 0.25) is 0 Å². The molecule has 0 aliphatic rings. The SMILES string of the molecule is CCNC(=NCCOC)NCCc1cccc(F)c1F.I. The van der Waals surface area contributed by atoms with Crippen LogP contribution in [0.4, 0.5) is 8.78 Å². The lowest BCUT2D eigenvalue weighted by molar-refractivity contribution is 0.208. The van der Waals surface area contributed by atoms with Crippen LogP contribution in [-0.4, -0.2) is 39.3 Å². The molecule has 7 heteroatoms. The molecule has 0 fully saturated rings. The molecule has 4 nitrogen and oxygen atoms in total. The molecule has 0 aliphatic heterocycles. The summed E-state index contributed by atoms with van der Waals surface area (Å²) in [5.41, 5.74) is 0.352. The number of methoxy groups -OCH3 is 1. The van der Waals surface area contributed by atoms with Crippen LogP contribution in [0.2, 0.25) is 0 Å². The number of hydrogen-bond donors (Lipinski definition) is 2. The number of benzene rings is 1. The Morgan fingerprint density at radius 2 is 2.05 bits per heavy atom. The fourth-order valence-electron chi connectivity index (χ4n) is 1.65. The highest BCUT2D eigenvalue weighted by atomic mass is 127. The highest BCUT2D eigenvalue weighted by Gasteiger charge is 2.07. The van der Waals surface area contributed by atoms with Crippen LogP contribution in [0.3, 0.4) is 0 Å². The number of nitrogens with zero attached hydrogens (tertiary/aromatic N) is 1. The first-order valence-electron chi connectivity index (χ1n) is 6.63. The Balaban J connectivity index is 0.00000400. The second kappa shape index (κ2) is 11.7. The van der Waals surface area contributed by atoms with Gasteiger partial charge in [0.05, 0.1) is 13.2 Å². The predicted molar refractivity (Wildman–Crippen MR) is 91.3 cm³/mol. The van der Waals surface area contributed by atoms with Crippen molar-refractivity contribution in [3.8, 4) is 0 Å². The van der Waals surface area contributed by atoms with E-state index in [4.69, 9.17) is 4.74 Å². The zero-order valence-corrected chi connectivity index (χ0v) is 14.6. The van der Waals surface area contributed by atoms with E-state index >= 15 is 0 Å². The summed E-state index contributed by atoms with van der Waals surface area (Å²) in [7, 11) is 1.61. The Hall–Kier alpha value is -0.960. The molecule has 0 aliphatic carbocycles. The summed E-state index contributed by atoms with van der Waals surface area (Å²) in [5, 5.41) is 6.14. The van der Waals surface area contributed by atoms with Gasteiger partial charge in [-0.05, 0) is 25.0 Å². The maximum Gasteiger partial charge on any atom is 0.191 e. The van der Waals surface area contributed by atoms with E-state index in [1.165, 1.54) is 6.07 Å². The Kier molecular flexibility index (Phi) is 11.1. The fraction of sp³-hybridized carbons (Fsp3) is 0.500. The lowest BCUT2D eigenvalue weighted by atomic mass is 10.1. The van der Waals surface area contributed by atoms with Crippen LogP contribution in [0.5, 0.6) is 0 Å². The molecule has 1 aromatic rings. The summed E-state index contributed by atoms with van der Waals surface area (Å²) in [4.78, 5) is 4.28. The topological polar surface area (TPSA) is 45.7 Å². The van der Waals surface area contributed by atoms with Gasteiger partial charge in [0.1, 0.15) is 0 Å². The molecule has 0 atom stereocenters. The zero-order valence-electron chi connectivity index (χ0n) is 12.3. The lowest BCUT2D eigenvalue weighted by Crippen LogP contribution is -2.38. The summed E-state index contributed by atoms with van der Waals surface area (Å²) in [6, 6.07) is 4.20. The molecule has 0 bridgehead atoms. The summed E-state index contributed by atoms with van der Waals surface area (Å²) in [6.45, 7) is 4.24. The Bertz CT molecular complexity index is 444. The number of guanidine groups is 1. The molecular formula is C14H22F2IN3O. The van der Waals surface area contributed by atoms with E-state index in [-0.39, 0.29) is 24.0 Å². The number of nitrogens with one attached hydrogen (secondary N) is 2. The van der Waals surface area contributed by atoms with Gasteiger partial charge in [0.25, 0.3) is 0 Å². The van der Waals surface area contributed by atoms with Gasteiger partial charge >= 0.3 is 0 Å². The van der Waals surface area contributed by atoms with Crippen molar-refractivity contribution < 1.29 is 13.5 Å². The van der Waals surface area contributed by atoms with Gasteiger partial charge in [-0.25, -0.2) is 8.78 Å². The molecule has 0 spiro atoms. The van der Waals surface area contributed by atoms with Crippen molar-refractivity contribution in [2.75, 3.05) is 33.4 Å². The van der Waals surface area contributed by atoms with Gasteiger partial charge in [-0.1, -0.05) is 12.1 Å². The van der Waals surface area contributed by atoms with E-state index in [2.05, 4.69) is 15.6 Å². The summed E-state index contributed by atoms with van der Waals surface area (Å²) >= 11 is 0. The van der Waals surface area contributed by atoms with E-state index in [0.717, 1.165) is 12.6 Å². The van der Waals surface area contributed by atoms with Crippen molar-refractivity contribution in [2.45, 2.75) is 13.3 Å². The van der Waals surface area contributed by atoms with Crippen LogP contribution < -0.4 is 10.6 Å². The van der Waals surface area contributed by atoms with E-state index in [9.17, 15) is 8.78 Å². The Morgan fingerprint density at radius 1 is 1.29 bits per heavy atom. The number of hydrogen-bond acceptors (Lipinski definition) is 2. The van der Waals surface area contributed by atoms with Crippen molar-refractivity contribution in [1.82, 2.24) is 10.6 Å². The number of ether oxygens (including phenoxy) is 1. The molecule has 0 radical (unpaired) electrons. The van der Waals surface area contributed by atoms with E-state index in [0.29, 0.717) is 37.6 Å². The third-order valence-corrected chi connectivity index (χ3v) is 2.63. The van der Waals surface area contributed by atoms with Crippen molar-refractivity contribution in [3.63, 3.8) is 0 Å². The van der Waals surface area contributed by atoms with Crippen molar-refractivity contribution in [2.24, 2.45) is 4.99 Å². The van der Waals surface area contributed by atoms with Crippen LogP contribution in [0.15, 0.2) is 23.2 Å². The van der Waals surface area contributed by atoms with E-state index in [1.54, 1.807) is 13.2 Å². The average Bonchev–Trinajstić information content (AvgIpc) is 2.44. The molecule has 0 amide bonds. The molecule has 0 saturated heterocycles. The number of halogens is 3. The van der Waals surface area contributed by atoms with Crippen molar-refractivity contribution in [3.05, 3.63) is 35.4 Å². The third kappa shape index (κ3) is 7.56. The Labute approximate surface area is 141 Å². The van der Waals surface area contributed by atoms with Gasteiger partial charge in [-0.3, -0.25) is 4.99 Å². The largest absolute Gasteiger partial charge is 0.383 e. The number of aliphatic imine (C=N–C) groups is 1. The summed E-state index contributed by atoms with van der Waals surface area (Å²) < 4.78 is 31.4. The average molecular weight is 413 g/mol. The van der Waals surface area contributed by atoms with Gasteiger partial charge in [0, 0.05) is 20.2 Å². The van der Waals surface area contributed by atoms with Crippen molar-refractivity contribution in [1.29, 1.82) is 0 Å². The molecule has 2 N–H and O–H groups in total. The van der Waals surface area contributed by atoms with Crippen LogP contribution in [-0.2, 0) is 11.2 Å².